The Labute approximate surface area is 141 Å². The normalized spacial score (nSPS) is 12.6. The van der Waals surface area contributed by atoms with E-state index in [1.807, 2.05) is 30.8 Å². The third kappa shape index (κ3) is 2.46. The summed E-state index contributed by atoms with van der Waals surface area (Å²) in [6.07, 6.45) is 1.69. The lowest BCUT2D eigenvalue weighted by atomic mass is 10.1. The molecule has 0 aliphatic carbocycles. The van der Waals surface area contributed by atoms with Gasteiger partial charge in [0.1, 0.15) is 5.69 Å². The second-order valence-corrected chi connectivity index (χ2v) is 7.43. The second-order valence-electron chi connectivity index (χ2n) is 5.33. The fraction of sp³-hybridized carbons (Fsp3) is 0.188. The number of amides is 1. The van der Waals surface area contributed by atoms with Crippen LogP contribution in [-0.2, 0) is 12.8 Å². The Morgan fingerprint density at radius 2 is 2.17 bits per heavy atom. The van der Waals surface area contributed by atoms with Crippen molar-refractivity contribution in [3.05, 3.63) is 46.6 Å². The Bertz CT molecular complexity index is 893. The molecule has 1 aromatic carbocycles. The maximum absolute atomic E-state index is 12.5. The molecule has 0 bridgehead atoms. The molecule has 0 fully saturated rings. The van der Waals surface area contributed by atoms with Crippen LogP contribution in [0.5, 0.6) is 0 Å². The number of carbonyl (C=O) groups is 1. The first-order valence-corrected chi connectivity index (χ1v) is 8.95. The Morgan fingerprint density at radius 1 is 1.35 bits per heavy atom. The molecule has 0 saturated heterocycles. The van der Waals surface area contributed by atoms with E-state index in [0.29, 0.717) is 10.8 Å². The summed E-state index contributed by atoms with van der Waals surface area (Å²) >= 11 is 3.35. The lowest BCUT2D eigenvalue weighted by Crippen LogP contribution is -2.17. The highest BCUT2D eigenvalue weighted by Crippen LogP contribution is 2.44. The minimum Gasteiger partial charge on any atom is -0.296 e. The van der Waals surface area contributed by atoms with Crippen LogP contribution in [0.4, 0.5) is 5.13 Å². The highest BCUT2D eigenvalue weighted by Gasteiger charge is 2.22. The van der Waals surface area contributed by atoms with Crippen molar-refractivity contribution in [3.8, 4) is 11.3 Å². The first kappa shape index (κ1) is 14.5. The van der Waals surface area contributed by atoms with Gasteiger partial charge in [-0.1, -0.05) is 18.2 Å². The average molecular weight is 342 g/mol. The topological polar surface area (TPSA) is 59.8 Å². The zero-order valence-electron chi connectivity index (χ0n) is 12.7. The van der Waals surface area contributed by atoms with Crippen LogP contribution in [0.3, 0.4) is 0 Å². The predicted octanol–water partition coefficient (Wildman–Crippen LogP) is 3.71. The molecule has 0 atom stereocenters. The summed E-state index contributed by atoms with van der Waals surface area (Å²) in [6.45, 7) is 1.88. The van der Waals surface area contributed by atoms with Gasteiger partial charge in [0.25, 0.3) is 5.91 Å². The quantitative estimate of drug-likeness (QED) is 0.771. The number of aromatic nitrogens is 3. The van der Waals surface area contributed by atoms with Crippen LogP contribution in [0.15, 0.2) is 35.4 Å². The SMILES string of the molecule is Cc1cnn(C)c1C(=O)Nc1nc2c(s1)CSc1ccccc1-2. The Morgan fingerprint density at radius 3 is 2.96 bits per heavy atom. The van der Waals surface area contributed by atoms with E-state index in [-0.39, 0.29) is 5.91 Å². The number of hydrogen-bond donors (Lipinski definition) is 1. The number of nitrogens with one attached hydrogen (secondary N) is 1. The van der Waals surface area contributed by atoms with Crippen LogP contribution in [0.2, 0.25) is 0 Å². The average Bonchev–Trinajstić information content (AvgIpc) is 3.10. The van der Waals surface area contributed by atoms with Gasteiger partial charge in [0.15, 0.2) is 5.13 Å². The lowest BCUT2D eigenvalue weighted by Gasteiger charge is -2.13. The maximum atomic E-state index is 12.5. The van der Waals surface area contributed by atoms with Crippen LogP contribution < -0.4 is 5.32 Å². The number of fused-ring (bicyclic) bond motifs is 3. The van der Waals surface area contributed by atoms with E-state index in [4.69, 9.17) is 0 Å². The Kier molecular flexibility index (Phi) is 3.46. The van der Waals surface area contributed by atoms with Gasteiger partial charge in [0, 0.05) is 28.1 Å². The molecule has 3 aromatic rings. The van der Waals surface area contributed by atoms with Crippen molar-refractivity contribution < 1.29 is 4.79 Å². The highest BCUT2D eigenvalue weighted by molar-refractivity contribution is 7.98. The van der Waals surface area contributed by atoms with Crippen LogP contribution in [0.25, 0.3) is 11.3 Å². The zero-order chi connectivity index (χ0) is 16.0. The maximum Gasteiger partial charge on any atom is 0.275 e. The number of benzene rings is 1. The number of hydrogen-bond acceptors (Lipinski definition) is 5. The Balaban J connectivity index is 1.66. The molecule has 0 spiro atoms. The van der Waals surface area contributed by atoms with E-state index in [2.05, 4.69) is 27.5 Å². The molecule has 7 heteroatoms. The Hall–Kier alpha value is -2.12. The first-order valence-electron chi connectivity index (χ1n) is 7.15. The van der Waals surface area contributed by atoms with Crippen LogP contribution in [0, 0.1) is 6.92 Å². The summed E-state index contributed by atoms with van der Waals surface area (Å²) in [6, 6.07) is 8.25. The number of anilines is 1. The standard InChI is InChI=1S/C16H14N4OS2/c1-9-7-17-20(2)14(9)15(21)19-16-18-13-10-5-3-4-6-11(10)22-8-12(13)23-16/h3-7H,8H2,1-2H3,(H,18,19,21). The van der Waals surface area contributed by atoms with Gasteiger partial charge in [-0.2, -0.15) is 5.10 Å². The summed E-state index contributed by atoms with van der Waals surface area (Å²) in [5.74, 6) is 0.722. The summed E-state index contributed by atoms with van der Waals surface area (Å²) < 4.78 is 1.59. The van der Waals surface area contributed by atoms with Crippen molar-refractivity contribution in [3.63, 3.8) is 0 Å². The van der Waals surface area contributed by atoms with Gasteiger partial charge in [-0.3, -0.25) is 14.8 Å². The smallest absolute Gasteiger partial charge is 0.275 e. The molecular formula is C16H14N4OS2. The fourth-order valence-corrected chi connectivity index (χ4v) is 4.77. The zero-order valence-corrected chi connectivity index (χ0v) is 14.3. The number of thioether (sulfide) groups is 1. The summed E-state index contributed by atoms with van der Waals surface area (Å²) in [5, 5.41) is 7.66. The van der Waals surface area contributed by atoms with E-state index in [1.165, 1.54) is 9.77 Å². The van der Waals surface area contributed by atoms with Gasteiger partial charge >= 0.3 is 0 Å². The monoisotopic (exact) mass is 342 g/mol. The van der Waals surface area contributed by atoms with Gasteiger partial charge in [0.2, 0.25) is 0 Å². The third-order valence-electron chi connectivity index (χ3n) is 3.76. The summed E-state index contributed by atoms with van der Waals surface area (Å²) in [7, 11) is 1.77. The van der Waals surface area contributed by atoms with E-state index >= 15 is 0 Å². The van der Waals surface area contributed by atoms with E-state index in [1.54, 1.807) is 29.3 Å². The molecule has 116 valence electrons. The molecule has 5 nitrogen and oxygen atoms in total. The molecule has 1 aliphatic rings. The summed E-state index contributed by atoms with van der Waals surface area (Å²) in [5.41, 5.74) is 3.55. The predicted molar refractivity (Wildman–Crippen MR) is 93.0 cm³/mol. The number of rotatable bonds is 2. The van der Waals surface area contributed by atoms with E-state index < -0.39 is 0 Å². The first-order chi connectivity index (χ1) is 11.1. The molecule has 23 heavy (non-hydrogen) atoms. The third-order valence-corrected chi connectivity index (χ3v) is 6.01. The van der Waals surface area contributed by atoms with E-state index in [9.17, 15) is 4.79 Å². The van der Waals surface area contributed by atoms with Crippen LogP contribution in [0.1, 0.15) is 20.9 Å². The number of carbonyl (C=O) groups excluding carboxylic acids is 1. The lowest BCUT2D eigenvalue weighted by molar-refractivity contribution is 0.101. The van der Waals surface area contributed by atoms with Gasteiger partial charge < -0.3 is 0 Å². The van der Waals surface area contributed by atoms with Crippen LogP contribution >= 0.6 is 23.1 Å². The molecule has 0 saturated carbocycles. The summed E-state index contributed by atoms with van der Waals surface area (Å²) in [4.78, 5) is 19.6. The molecule has 0 unspecified atom stereocenters. The van der Waals surface area contributed by atoms with Gasteiger partial charge in [0.05, 0.1) is 11.9 Å². The van der Waals surface area contributed by atoms with Gasteiger partial charge in [-0.25, -0.2) is 4.98 Å². The van der Waals surface area contributed by atoms with Crippen molar-refractivity contribution in [2.24, 2.45) is 7.05 Å². The number of thiazole rings is 1. The molecular weight excluding hydrogens is 328 g/mol. The molecule has 0 radical (unpaired) electrons. The largest absolute Gasteiger partial charge is 0.296 e. The van der Waals surface area contributed by atoms with Crippen molar-refractivity contribution in [2.45, 2.75) is 17.6 Å². The molecule has 1 amide bonds. The highest BCUT2D eigenvalue weighted by atomic mass is 32.2. The van der Waals surface area contributed by atoms with E-state index in [0.717, 1.165) is 22.6 Å². The van der Waals surface area contributed by atoms with Crippen molar-refractivity contribution in [1.82, 2.24) is 14.8 Å². The minimum absolute atomic E-state index is 0.172. The molecule has 1 N–H and O–H groups in total. The molecule has 1 aliphatic heterocycles. The van der Waals surface area contributed by atoms with Crippen molar-refractivity contribution in [2.75, 3.05) is 5.32 Å². The van der Waals surface area contributed by atoms with Crippen molar-refractivity contribution in [1.29, 1.82) is 0 Å². The number of nitrogens with zero attached hydrogens (tertiary/aromatic N) is 3. The molecule has 4 rings (SSSR count). The minimum atomic E-state index is -0.172. The second kappa shape index (κ2) is 5.50. The van der Waals surface area contributed by atoms with Gasteiger partial charge in [-0.05, 0) is 18.6 Å². The van der Waals surface area contributed by atoms with Gasteiger partial charge in [-0.15, -0.1) is 23.1 Å². The molecule has 2 aromatic heterocycles. The van der Waals surface area contributed by atoms with Crippen molar-refractivity contribution >= 4 is 34.1 Å². The fourth-order valence-electron chi connectivity index (χ4n) is 2.67. The number of aryl methyl sites for hydroxylation is 2. The molecule has 3 heterocycles. The van der Waals surface area contributed by atoms with Crippen LogP contribution in [-0.4, -0.2) is 20.7 Å².